The number of rotatable bonds is 5. The van der Waals surface area contributed by atoms with E-state index in [9.17, 15) is 0 Å². The Labute approximate surface area is 121 Å². The van der Waals surface area contributed by atoms with Gasteiger partial charge in [-0.05, 0) is 11.8 Å². The van der Waals surface area contributed by atoms with Crippen molar-refractivity contribution < 1.29 is 4.74 Å². The molecule has 1 aromatic heterocycles. The number of ether oxygens (including phenoxy) is 1. The molecule has 1 fully saturated rings. The Bertz CT molecular complexity index is 429. The second-order valence-corrected chi connectivity index (χ2v) is 6.34. The molecule has 2 rings (SSSR count). The number of anilines is 1. The van der Waals surface area contributed by atoms with Gasteiger partial charge in [0.2, 0.25) is 0 Å². The number of morpholine rings is 1. The number of aromatic nitrogens is 3. The summed E-state index contributed by atoms with van der Waals surface area (Å²) >= 11 is 0. The van der Waals surface area contributed by atoms with E-state index in [0.717, 1.165) is 38.5 Å². The summed E-state index contributed by atoms with van der Waals surface area (Å²) in [5, 5.41) is 8.15. The molecule has 0 aromatic carbocycles. The van der Waals surface area contributed by atoms with Crippen molar-refractivity contribution in [1.82, 2.24) is 19.9 Å². The van der Waals surface area contributed by atoms with Crippen molar-refractivity contribution in [2.45, 2.75) is 46.3 Å². The van der Waals surface area contributed by atoms with Crippen LogP contribution in [0.4, 0.5) is 5.82 Å². The van der Waals surface area contributed by atoms with E-state index in [2.05, 4.69) is 42.9 Å². The molecule has 2 N–H and O–H groups in total. The highest BCUT2D eigenvalue weighted by molar-refractivity contribution is 5.35. The molecule has 0 spiro atoms. The third-order valence-electron chi connectivity index (χ3n) is 3.57. The van der Waals surface area contributed by atoms with Gasteiger partial charge in [-0.15, -0.1) is 5.10 Å². The minimum Gasteiger partial charge on any atom is -0.381 e. The van der Waals surface area contributed by atoms with E-state index in [1.807, 2.05) is 4.68 Å². The molecule has 0 amide bonds. The van der Waals surface area contributed by atoms with Gasteiger partial charge >= 0.3 is 0 Å². The molecule has 6 heteroatoms. The van der Waals surface area contributed by atoms with Crippen LogP contribution in [-0.2, 0) is 11.3 Å². The molecule has 0 radical (unpaired) electrons. The summed E-state index contributed by atoms with van der Waals surface area (Å²) in [5.41, 5.74) is 6.90. The first-order valence-electron chi connectivity index (χ1n) is 7.50. The van der Waals surface area contributed by atoms with Gasteiger partial charge in [0, 0.05) is 19.6 Å². The zero-order chi connectivity index (χ0) is 14.7. The van der Waals surface area contributed by atoms with Gasteiger partial charge in [0.15, 0.2) is 5.82 Å². The van der Waals surface area contributed by atoms with Crippen molar-refractivity contribution in [3.05, 3.63) is 5.69 Å². The number of nitrogens with zero attached hydrogens (tertiary/aromatic N) is 4. The summed E-state index contributed by atoms with van der Waals surface area (Å²) in [5.74, 6) is 1.54. The molecule has 114 valence electrons. The van der Waals surface area contributed by atoms with Crippen molar-refractivity contribution in [3.63, 3.8) is 0 Å². The van der Waals surface area contributed by atoms with E-state index in [0.29, 0.717) is 17.7 Å². The van der Waals surface area contributed by atoms with Gasteiger partial charge in [-0.1, -0.05) is 32.9 Å². The molecule has 1 aliphatic heterocycles. The van der Waals surface area contributed by atoms with E-state index < -0.39 is 0 Å². The Morgan fingerprint density at radius 1 is 1.35 bits per heavy atom. The van der Waals surface area contributed by atoms with Crippen molar-refractivity contribution in [2.75, 3.05) is 32.0 Å². The Hall–Kier alpha value is -1.14. The average molecular weight is 281 g/mol. The van der Waals surface area contributed by atoms with Crippen LogP contribution in [0.1, 0.15) is 39.3 Å². The van der Waals surface area contributed by atoms with Crippen LogP contribution in [-0.4, -0.2) is 52.2 Å². The predicted octanol–water partition coefficient (Wildman–Crippen LogP) is 1.34. The van der Waals surface area contributed by atoms with Crippen molar-refractivity contribution >= 4 is 5.82 Å². The molecular weight excluding hydrogens is 254 g/mol. The van der Waals surface area contributed by atoms with E-state index in [1.54, 1.807) is 0 Å². The topological polar surface area (TPSA) is 69.2 Å². The van der Waals surface area contributed by atoms with Crippen LogP contribution < -0.4 is 5.73 Å². The SMILES string of the molecule is CC(C)CN1CCOC(Cn2nnc(N)c2C(C)C)C1. The Morgan fingerprint density at radius 3 is 2.75 bits per heavy atom. The van der Waals surface area contributed by atoms with Crippen LogP contribution in [0.2, 0.25) is 0 Å². The standard InChI is InChI=1S/C14H27N5O/c1-10(2)7-18-5-6-20-12(8-18)9-19-13(11(3)4)14(15)16-17-19/h10-12H,5-9,15H2,1-4H3. The van der Waals surface area contributed by atoms with Crippen LogP contribution in [0.5, 0.6) is 0 Å². The second kappa shape index (κ2) is 6.54. The summed E-state index contributed by atoms with van der Waals surface area (Å²) in [6, 6.07) is 0. The van der Waals surface area contributed by atoms with Crippen molar-refractivity contribution in [3.8, 4) is 0 Å². The molecule has 1 atom stereocenters. The number of nitrogen functional groups attached to an aromatic ring is 1. The first kappa shape index (κ1) is 15.3. The highest BCUT2D eigenvalue weighted by Gasteiger charge is 2.24. The fourth-order valence-electron chi connectivity index (χ4n) is 2.83. The Balaban J connectivity index is 1.99. The maximum Gasteiger partial charge on any atom is 0.169 e. The quantitative estimate of drug-likeness (QED) is 0.882. The van der Waals surface area contributed by atoms with Gasteiger partial charge in [0.1, 0.15) is 0 Å². The van der Waals surface area contributed by atoms with E-state index in [-0.39, 0.29) is 6.10 Å². The van der Waals surface area contributed by atoms with E-state index in [4.69, 9.17) is 10.5 Å². The number of hydrogen-bond donors (Lipinski definition) is 1. The van der Waals surface area contributed by atoms with Gasteiger partial charge in [-0.25, -0.2) is 4.68 Å². The van der Waals surface area contributed by atoms with E-state index >= 15 is 0 Å². The molecule has 1 aliphatic rings. The first-order valence-corrected chi connectivity index (χ1v) is 7.50. The van der Waals surface area contributed by atoms with Crippen molar-refractivity contribution in [1.29, 1.82) is 0 Å². The molecule has 2 heterocycles. The second-order valence-electron chi connectivity index (χ2n) is 6.34. The fourth-order valence-corrected chi connectivity index (χ4v) is 2.83. The lowest BCUT2D eigenvalue weighted by atomic mass is 10.1. The first-order chi connectivity index (χ1) is 9.47. The molecular formula is C14H27N5O. The Kier molecular flexibility index (Phi) is 4.99. The van der Waals surface area contributed by atoms with Crippen LogP contribution >= 0.6 is 0 Å². The van der Waals surface area contributed by atoms with Gasteiger partial charge < -0.3 is 10.5 Å². The summed E-state index contributed by atoms with van der Waals surface area (Å²) < 4.78 is 7.77. The molecule has 1 unspecified atom stereocenters. The Morgan fingerprint density at radius 2 is 2.10 bits per heavy atom. The molecule has 20 heavy (non-hydrogen) atoms. The summed E-state index contributed by atoms with van der Waals surface area (Å²) in [6.45, 7) is 13.3. The van der Waals surface area contributed by atoms with E-state index in [1.165, 1.54) is 0 Å². The smallest absolute Gasteiger partial charge is 0.169 e. The average Bonchev–Trinajstić information content (AvgIpc) is 2.70. The van der Waals surface area contributed by atoms with Crippen LogP contribution in [0.25, 0.3) is 0 Å². The minimum atomic E-state index is 0.168. The maximum absolute atomic E-state index is 5.89. The van der Waals surface area contributed by atoms with Gasteiger partial charge in [0.05, 0.1) is 24.9 Å². The molecule has 0 bridgehead atoms. The summed E-state index contributed by atoms with van der Waals surface area (Å²) in [6.07, 6.45) is 0.168. The highest BCUT2D eigenvalue weighted by Crippen LogP contribution is 2.20. The minimum absolute atomic E-state index is 0.168. The maximum atomic E-state index is 5.89. The lowest BCUT2D eigenvalue weighted by Crippen LogP contribution is -2.45. The van der Waals surface area contributed by atoms with Gasteiger partial charge in [0.25, 0.3) is 0 Å². The van der Waals surface area contributed by atoms with Gasteiger partial charge in [-0.3, -0.25) is 4.90 Å². The third kappa shape index (κ3) is 3.70. The highest BCUT2D eigenvalue weighted by atomic mass is 16.5. The zero-order valence-electron chi connectivity index (χ0n) is 13.0. The molecule has 1 aromatic rings. The number of nitrogens with two attached hydrogens (primary N) is 1. The normalized spacial score (nSPS) is 21.0. The lowest BCUT2D eigenvalue weighted by Gasteiger charge is -2.34. The number of hydrogen-bond acceptors (Lipinski definition) is 5. The zero-order valence-corrected chi connectivity index (χ0v) is 13.0. The third-order valence-corrected chi connectivity index (χ3v) is 3.57. The fraction of sp³-hybridized carbons (Fsp3) is 0.857. The van der Waals surface area contributed by atoms with Crippen LogP contribution in [0, 0.1) is 5.92 Å². The largest absolute Gasteiger partial charge is 0.381 e. The summed E-state index contributed by atoms with van der Waals surface area (Å²) in [7, 11) is 0. The lowest BCUT2D eigenvalue weighted by molar-refractivity contribution is -0.0410. The summed E-state index contributed by atoms with van der Waals surface area (Å²) in [4.78, 5) is 2.47. The molecule has 0 aliphatic carbocycles. The van der Waals surface area contributed by atoms with Gasteiger partial charge in [-0.2, -0.15) is 0 Å². The molecule has 6 nitrogen and oxygen atoms in total. The molecule has 1 saturated heterocycles. The van der Waals surface area contributed by atoms with Crippen LogP contribution in [0.15, 0.2) is 0 Å². The molecule has 0 saturated carbocycles. The predicted molar refractivity (Wildman–Crippen MR) is 79.5 cm³/mol. The van der Waals surface area contributed by atoms with Crippen molar-refractivity contribution in [2.24, 2.45) is 5.92 Å². The monoisotopic (exact) mass is 281 g/mol. The van der Waals surface area contributed by atoms with Crippen LogP contribution in [0.3, 0.4) is 0 Å².